The Balaban J connectivity index is 1.95. The van der Waals surface area contributed by atoms with Crippen molar-refractivity contribution in [2.45, 2.75) is 45.2 Å². The zero-order valence-corrected chi connectivity index (χ0v) is 8.92. The quantitative estimate of drug-likeness (QED) is 0.660. The molecule has 13 heavy (non-hydrogen) atoms. The van der Waals surface area contributed by atoms with Crippen LogP contribution in [0.25, 0.3) is 0 Å². The fourth-order valence-electron chi connectivity index (χ4n) is 2.58. The molecular weight excluding hydrogens is 160 g/mol. The normalized spacial score (nSPS) is 38.3. The molecule has 0 amide bonds. The third-order valence-corrected chi connectivity index (χ3v) is 3.64. The maximum absolute atomic E-state index is 3.37. The molecule has 2 unspecified atom stereocenters. The second kappa shape index (κ2) is 3.97. The van der Waals surface area contributed by atoms with Crippen LogP contribution in [0.1, 0.15) is 33.1 Å². The van der Waals surface area contributed by atoms with Crippen LogP contribution in [0.2, 0.25) is 0 Å². The van der Waals surface area contributed by atoms with Crippen LogP contribution in [0, 0.1) is 5.92 Å². The van der Waals surface area contributed by atoms with Crippen molar-refractivity contribution in [3.05, 3.63) is 0 Å². The fraction of sp³-hybridized carbons (Fsp3) is 1.00. The summed E-state index contributed by atoms with van der Waals surface area (Å²) in [5, 5.41) is 3.37. The van der Waals surface area contributed by atoms with Gasteiger partial charge in [0, 0.05) is 31.7 Å². The minimum Gasteiger partial charge on any atom is -0.314 e. The standard InChI is InChI=1S/C11H22N2/c1-9-4-3-5-10(2)13(8-9)11-6-12-7-11/h9-12H,3-8H2,1-2H3. The molecule has 1 N–H and O–H groups in total. The Morgan fingerprint density at radius 3 is 2.54 bits per heavy atom. The summed E-state index contributed by atoms with van der Waals surface area (Å²) in [6.07, 6.45) is 4.26. The first-order chi connectivity index (χ1) is 6.27. The first kappa shape index (κ1) is 9.47. The Morgan fingerprint density at radius 1 is 1.15 bits per heavy atom. The zero-order chi connectivity index (χ0) is 9.26. The first-order valence-corrected chi connectivity index (χ1v) is 5.74. The van der Waals surface area contributed by atoms with Crippen molar-refractivity contribution in [1.29, 1.82) is 0 Å². The number of rotatable bonds is 1. The number of likely N-dealkylation sites (tertiary alicyclic amines) is 1. The molecule has 0 bridgehead atoms. The van der Waals surface area contributed by atoms with Crippen molar-refractivity contribution in [2.75, 3.05) is 19.6 Å². The van der Waals surface area contributed by atoms with E-state index < -0.39 is 0 Å². The van der Waals surface area contributed by atoms with Crippen LogP contribution in [0.5, 0.6) is 0 Å². The molecule has 0 aromatic heterocycles. The summed E-state index contributed by atoms with van der Waals surface area (Å²) in [5.74, 6) is 0.908. The number of nitrogens with one attached hydrogen (secondary N) is 1. The largest absolute Gasteiger partial charge is 0.314 e. The van der Waals surface area contributed by atoms with Crippen molar-refractivity contribution in [2.24, 2.45) is 5.92 Å². The lowest BCUT2D eigenvalue weighted by Crippen LogP contribution is -2.59. The van der Waals surface area contributed by atoms with Crippen LogP contribution in [-0.2, 0) is 0 Å². The average molecular weight is 182 g/mol. The highest BCUT2D eigenvalue weighted by atomic mass is 15.3. The number of hydrogen-bond acceptors (Lipinski definition) is 2. The predicted molar refractivity (Wildman–Crippen MR) is 55.8 cm³/mol. The van der Waals surface area contributed by atoms with Gasteiger partial charge >= 0.3 is 0 Å². The van der Waals surface area contributed by atoms with Gasteiger partial charge in [-0.25, -0.2) is 0 Å². The minimum absolute atomic E-state index is 0.817. The van der Waals surface area contributed by atoms with Crippen molar-refractivity contribution in [3.8, 4) is 0 Å². The molecule has 0 spiro atoms. The summed E-state index contributed by atoms with van der Waals surface area (Å²) < 4.78 is 0. The highest BCUT2D eigenvalue weighted by Crippen LogP contribution is 2.23. The zero-order valence-electron chi connectivity index (χ0n) is 8.92. The topological polar surface area (TPSA) is 15.3 Å². The molecule has 2 aliphatic heterocycles. The van der Waals surface area contributed by atoms with E-state index in [0.717, 1.165) is 18.0 Å². The molecule has 2 aliphatic rings. The van der Waals surface area contributed by atoms with Gasteiger partial charge in [0.15, 0.2) is 0 Å². The van der Waals surface area contributed by atoms with Gasteiger partial charge in [-0.1, -0.05) is 13.3 Å². The lowest BCUT2D eigenvalue weighted by atomic mass is 10.1. The van der Waals surface area contributed by atoms with Crippen LogP contribution in [-0.4, -0.2) is 36.6 Å². The molecule has 2 nitrogen and oxygen atoms in total. The SMILES string of the molecule is CC1CCCC(C)N(C2CNC2)C1. The highest BCUT2D eigenvalue weighted by Gasteiger charge is 2.30. The van der Waals surface area contributed by atoms with E-state index in [-0.39, 0.29) is 0 Å². The third kappa shape index (κ3) is 2.05. The van der Waals surface area contributed by atoms with Gasteiger partial charge in [-0.2, -0.15) is 0 Å². The summed E-state index contributed by atoms with van der Waals surface area (Å²) in [7, 11) is 0. The second-order valence-corrected chi connectivity index (χ2v) is 4.89. The monoisotopic (exact) mass is 182 g/mol. The van der Waals surface area contributed by atoms with Crippen LogP contribution in [0.15, 0.2) is 0 Å². The molecule has 2 saturated heterocycles. The summed E-state index contributed by atoms with van der Waals surface area (Å²) in [6.45, 7) is 8.56. The van der Waals surface area contributed by atoms with E-state index in [9.17, 15) is 0 Å². The van der Waals surface area contributed by atoms with Gasteiger partial charge in [-0.3, -0.25) is 4.90 Å². The number of hydrogen-bond donors (Lipinski definition) is 1. The minimum atomic E-state index is 0.817. The highest BCUT2D eigenvalue weighted by molar-refractivity contribution is 4.89. The first-order valence-electron chi connectivity index (χ1n) is 5.74. The number of nitrogens with zero attached hydrogens (tertiary/aromatic N) is 1. The van der Waals surface area contributed by atoms with Crippen LogP contribution in [0.3, 0.4) is 0 Å². The van der Waals surface area contributed by atoms with E-state index in [4.69, 9.17) is 0 Å². The van der Waals surface area contributed by atoms with E-state index in [1.54, 1.807) is 0 Å². The molecule has 0 aromatic rings. The van der Waals surface area contributed by atoms with E-state index in [2.05, 4.69) is 24.1 Å². The molecule has 2 rings (SSSR count). The molecule has 0 aromatic carbocycles. The Bertz CT molecular complexity index is 165. The van der Waals surface area contributed by atoms with Gasteiger partial charge in [0.05, 0.1) is 0 Å². The molecule has 76 valence electrons. The molecule has 2 atom stereocenters. The van der Waals surface area contributed by atoms with Gasteiger partial charge in [0.1, 0.15) is 0 Å². The summed E-state index contributed by atoms with van der Waals surface area (Å²) in [6, 6.07) is 1.66. The molecule has 0 aliphatic carbocycles. The van der Waals surface area contributed by atoms with Gasteiger partial charge in [-0.15, -0.1) is 0 Å². The Kier molecular flexibility index (Phi) is 2.89. The summed E-state index contributed by atoms with van der Waals surface area (Å²) >= 11 is 0. The molecule has 2 heteroatoms. The van der Waals surface area contributed by atoms with E-state index >= 15 is 0 Å². The Morgan fingerprint density at radius 2 is 1.92 bits per heavy atom. The van der Waals surface area contributed by atoms with Crippen molar-refractivity contribution < 1.29 is 0 Å². The van der Waals surface area contributed by atoms with Crippen molar-refractivity contribution >= 4 is 0 Å². The average Bonchev–Trinajstić information content (AvgIpc) is 2.12. The van der Waals surface area contributed by atoms with Gasteiger partial charge in [-0.05, 0) is 25.7 Å². The maximum Gasteiger partial charge on any atom is 0.0348 e. The van der Waals surface area contributed by atoms with E-state index in [1.807, 2.05) is 0 Å². The van der Waals surface area contributed by atoms with Crippen LogP contribution >= 0.6 is 0 Å². The lowest BCUT2D eigenvalue weighted by molar-refractivity contribution is 0.0948. The summed E-state index contributed by atoms with van der Waals surface area (Å²) in [5.41, 5.74) is 0. The maximum atomic E-state index is 3.37. The summed E-state index contributed by atoms with van der Waals surface area (Å²) in [4.78, 5) is 2.73. The van der Waals surface area contributed by atoms with Gasteiger partial charge in [0.2, 0.25) is 0 Å². The third-order valence-electron chi connectivity index (χ3n) is 3.64. The van der Waals surface area contributed by atoms with Gasteiger partial charge in [0.25, 0.3) is 0 Å². The van der Waals surface area contributed by atoms with E-state index in [0.29, 0.717) is 0 Å². The Labute approximate surface area is 81.7 Å². The van der Waals surface area contributed by atoms with Gasteiger partial charge < -0.3 is 5.32 Å². The second-order valence-electron chi connectivity index (χ2n) is 4.89. The lowest BCUT2D eigenvalue weighted by Gasteiger charge is -2.41. The van der Waals surface area contributed by atoms with Crippen LogP contribution < -0.4 is 5.32 Å². The van der Waals surface area contributed by atoms with Crippen LogP contribution in [0.4, 0.5) is 0 Å². The molecular formula is C11H22N2. The predicted octanol–water partition coefficient (Wildman–Crippen LogP) is 1.47. The smallest absolute Gasteiger partial charge is 0.0348 e. The molecule has 2 heterocycles. The fourth-order valence-corrected chi connectivity index (χ4v) is 2.58. The molecule has 0 radical (unpaired) electrons. The van der Waals surface area contributed by atoms with E-state index in [1.165, 1.54) is 38.9 Å². The molecule has 0 saturated carbocycles. The van der Waals surface area contributed by atoms with Crippen molar-refractivity contribution in [3.63, 3.8) is 0 Å². The Hall–Kier alpha value is -0.0800. The van der Waals surface area contributed by atoms with Crippen molar-refractivity contribution in [1.82, 2.24) is 10.2 Å². The molecule has 2 fully saturated rings.